The van der Waals surface area contributed by atoms with Gasteiger partial charge in [-0.25, -0.2) is 0 Å². The van der Waals surface area contributed by atoms with Gasteiger partial charge >= 0.3 is 0 Å². The first-order valence-electron chi connectivity index (χ1n) is 6.45. The molecule has 3 aromatic rings. The normalized spacial score (nSPS) is 11.3. The van der Waals surface area contributed by atoms with Gasteiger partial charge in [-0.1, -0.05) is 18.2 Å². The molecule has 3 nitrogen and oxygen atoms in total. The number of nitrogens with one attached hydrogen (secondary N) is 1. The SMILES string of the molecule is CC(C)n1c2ccccc2c2cc(NC=O)ccc21. The lowest BCUT2D eigenvalue weighted by molar-refractivity contribution is -0.105. The van der Waals surface area contributed by atoms with Crippen molar-refractivity contribution in [2.24, 2.45) is 0 Å². The summed E-state index contributed by atoms with van der Waals surface area (Å²) in [4.78, 5) is 10.6. The predicted molar refractivity (Wildman–Crippen MR) is 79.5 cm³/mol. The van der Waals surface area contributed by atoms with E-state index < -0.39 is 0 Å². The van der Waals surface area contributed by atoms with Crippen LogP contribution in [0.1, 0.15) is 19.9 Å². The number of aromatic nitrogens is 1. The van der Waals surface area contributed by atoms with Crippen LogP contribution in [0.25, 0.3) is 21.8 Å². The Balaban J connectivity index is 2.41. The lowest BCUT2D eigenvalue weighted by Crippen LogP contribution is -1.99. The van der Waals surface area contributed by atoms with E-state index in [0.29, 0.717) is 12.5 Å². The molecule has 0 bridgehead atoms. The van der Waals surface area contributed by atoms with Crippen molar-refractivity contribution in [1.29, 1.82) is 0 Å². The number of carbonyl (C=O) groups excluding carboxylic acids is 1. The number of benzene rings is 2. The summed E-state index contributed by atoms with van der Waals surface area (Å²) in [6.07, 6.45) is 0.711. The number of nitrogens with zero attached hydrogens (tertiary/aromatic N) is 1. The van der Waals surface area contributed by atoms with E-state index in [0.717, 1.165) is 5.69 Å². The van der Waals surface area contributed by atoms with Crippen molar-refractivity contribution >= 4 is 33.9 Å². The number of rotatable bonds is 3. The standard InChI is InChI=1S/C16H16N2O/c1-11(2)18-15-6-4-3-5-13(15)14-9-12(17-10-19)7-8-16(14)18/h3-11H,1-2H3,(H,17,19). The molecule has 3 rings (SSSR count). The van der Waals surface area contributed by atoms with Crippen LogP contribution in [0.3, 0.4) is 0 Å². The number of carbonyl (C=O) groups is 1. The quantitative estimate of drug-likeness (QED) is 0.704. The van der Waals surface area contributed by atoms with Gasteiger partial charge in [-0.15, -0.1) is 0 Å². The molecule has 0 radical (unpaired) electrons. The number of anilines is 1. The molecule has 1 N–H and O–H groups in total. The minimum absolute atomic E-state index is 0.396. The molecule has 0 saturated carbocycles. The molecule has 0 aliphatic carbocycles. The first kappa shape index (κ1) is 11.8. The second-order valence-electron chi connectivity index (χ2n) is 4.98. The molecule has 1 amide bonds. The van der Waals surface area contributed by atoms with Crippen LogP contribution in [-0.2, 0) is 4.79 Å². The number of fused-ring (bicyclic) bond motifs is 3. The average molecular weight is 252 g/mol. The van der Waals surface area contributed by atoms with Gasteiger partial charge in [0.25, 0.3) is 0 Å². The summed E-state index contributed by atoms with van der Waals surface area (Å²) in [7, 11) is 0. The first-order chi connectivity index (χ1) is 9.22. The molecule has 96 valence electrons. The van der Waals surface area contributed by atoms with E-state index in [1.807, 2.05) is 18.2 Å². The van der Waals surface area contributed by atoms with E-state index in [-0.39, 0.29) is 0 Å². The molecule has 0 fully saturated rings. The average Bonchev–Trinajstić information content (AvgIpc) is 2.73. The number of para-hydroxylation sites is 1. The van der Waals surface area contributed by atoms with Crippen LogP contribution in [0, 0.1) is 0 Å². The van der Waals surface area contributed by atoms with E-state index in [1.54, 1.807) is 0 Å². The Hall–Kier alpha value is -2.29. The van der Waals surface area contributed by atoms with Gasteiger partial charge in [0, 0.05) is 33.5 Å². The van der Waals surface area contributed by atoms with Crippen LogP contribution >= 0.6 is 0 Å². The second-order valence-corrected chi connectivity index (χ2v) is 4.98. The monoisotopic (exact) mass is 252 g/mol. The fraction of sp³-hybridized carbons (Fsp3) is 0.188. The Morgan fingerprint density at radius 2 is 1.79 bits per heavy atom. The molecule has 0 atom stereocenters. The molecule has 1 aromatic heterocycles. The molecule has 3 heteroatoms. The van der Waals surface area contributed by atoms with E-state index >= 15 is 0 Å². The summed E-state index contributed by atoms with van der Waals surface area (Å²) >= 11 is 0. The molecule has 0 unspecified atom stereocenters. The molecule has 1 heterocycles. The highest BCUT2D eigenvalue weighted by Crippen LogP contribution is 2.33. The smallest absolute Gasteiger partial charge is 0.211 e. The van der Waals surface area contributed by atoms with Crippen molar-refractivity contribution in [1.82, 2.24) is 4.57 Å². The summed E-state index contributed by atoms with van der Waals surface area (Å²) in [5.41, 5.74) is 3.26. The fourth-order valence-electron chi connectivity index (χ4n) is 2.72. The van der Waals surface area contributed by atoms with Crippen LogP contribution in [0.5, 0.6) is 0 Å². The largest absolute Gasteiger partial charge is 0.338 e. The van der Waals surface area contributed by atoms with Gasteiger partial charge in [0.2, 0.25) is 6.41 Å². The maximum atomic E-state index is 10.6. The van der Waals surface area contributed by atoms with E-state index in [2.05, 4.69) is 48.0 Å². The van der Waals surface area contributed by atoms with Crippen LogP contribution in [-0.4, -0.2) is 11.0 Å². The molecule has 0 spiro atoms. The summed E-state index contributed by atoms with van der Waals surface area (Å²) < 4.78 is 2.33. The highest BCUT2D eigenvalue weighted by Gasteiger charge is 2.12. The molecular formula is C16H16N2O. The Morgan fingerprint density at radius 3 is 2.53 bits per heavy atom. The minimum Gasteiger partial charge on any atom is -0.338 e. The van der Waals surface area contributed by atoms with Crippen molar-refractivity contribution in [3.05, 3.63) is 42.5 Å². The third-order valence-corrected chi connectivity index (χ3v) is 3.45. The van der Waals surface area contributed by atoms with Gasteiger partial charge in [-0.2, -0.15) is 0 Å². The van der Waals surface area contributed by atoms with Crippen LogP contribution < -0.4 is 5.32 Å². The van der Waals surface area contributed by atoms with Crippen LogP contribution in [0.15, 0.2) is 42.5 Å². The van der Waals surface area contributed by atoms with Crippen molar-refractivity contribution in [3.8, 4) is 0 Å². The molecule has 2 aromatic carbocycles. The maximum absolute atomic E-state index is 10.6. The maximum Gasteiger partial charge on any atom is 0.211 e. The van der Waals surface area contributed by atoms with Crippen LogP contribution in [0.2, 0.25) is 0 Å². The minimum atomic E-state index is 0.396. The molecule has 19 heavy (non-hydrogen) atoms. The van der Waals surface area contributed by atoms with Crippen molar-refractivity contribution in [2.75, 3.05) is 5.32 Å². The lowest BCUT2D eigenvalue weighted by atomic mass is 10.1. The van der Waals surface area contributed by atoms with Crippen molar-refractivity contribution in [3.63, 3.8) is 0 Å². The number of hydrogen-bond donors (Lipinski definition) is 1. The Labute approximate surface area is 111 Å². The van der Waals surface area contributed by atoms with Gasteiger partial charge in [-0.05, 0) is 38.1 Å². The zero-order valence-electron chi connectivity index (χ0n) is 11.1. The van der Waals surface area contributed by atoms with Gasteiger partial charge in [0.15, 0.2) is 0 Å². The molecule has 0 aliphatic rings. The van der Waals surface area contributed by atoms with Gasteiger partial charge in [0.05, 0.1) is 0 Å². The Bertz CT molecular complexity index is 756. The fourth-order valence-corrected chi connectivity index (χ4v) is 2.72. The summed E-state index contributed by atoms with van der Waals surface area (Å²) in [5.74, 6) is 0. The van der Waals surface area contributed by atoms with Crippen LogP contribution in [0.4, 0.5) is 5.69 Å². The highest BCUT2D eigenvalue weighted by molar-refractivity contribution is 6.09. The Kier molecular flexibility index (Phi) is 2.75. The summed E-state index contributed by atoms with van der Waals surface area (Å²) in [5, 5.41) is 5.11. The molecule has 0 aliphatic heterocycles. The topological polar surface area (TPSA) is 34.0 Å². The molecular weight excluding hydrogens is 236 g/mol. The van der Waals surface area contributed by atoms with E-state index in [9.17, 15) is 4.79 Å². The third-order valence-electron chi connectivity index (χ3n) is 3.45. The highest BCUT2D eigenvalue weighted by atomic mass is 16.1. The summed E-state index contributed by atoms with van der Waals surface area (Å²) in [6, 6.07) is 14.8. The third kappa shape index (κ3) is 1.78. The van der Waals surface area contributed by atoms with Crippen molar-refractivity contribution < 1.29 is 4.79 Å². The zero-order chi connectivity index (χ0) is 13.4. The number of amides is 1. The predicted octanol–water partition coefficient (Wildman–Crippen LogP) is 3.94. The van der Waals surface area contributed by atoms with Gasteiger partial charge in [0.1, 0.15) is 0 Å². The first-order valence-corrected chi connectivity index (χ1v) is 6.45. The van der Waals surface area contributed by atoms with Gasteiger partial charge < -0.3 is 9.88 Å². The van der Waals surface area contributed by atoms with Crippen molar-refractivity contribution in [2.45, 2.75) is 19.9 Å². The Morgan fingerprint density at radius 1 is 1.05 bits per heavy atom. The number of hydrogen-bond acceptors (Lipinski definition) is 1. The zero-order valence-corrected chi connectivity index (χ0v) is 11.1. The van der Waals surface area contributed by atoms with E-state index in [4.69, 9.17) is 0 Å². The lowest BCUT2D eigenvalue weighted by Gasteiger charge is -2.11. The van der Waals surface area contributed by atoms with Gasteiger partial charge in [-0.3, -0.25) is 4.79 Å². The molecule has 0 saturated heterocycles. The summed E-state index contributed by atoms with van der Waals surface area (Å²) in [6.45, 7) is 4.37. The second kappa shape index (κ2) is 4.43. The van der Waals surface area contributed by atoms with E-state index in [1.165, 1.54) is 21.8 Å².